The first-order valence-electron chi connectivity index (χ1n) is 13.1. The number of benzene rings is 3. The predicted molar refractivity (Wildman–Crippen MR) is 154 cm³/mol. The monoisotopic (exact) mass is 547 g/mol. The number of halogens is 1. The number of nitrogens with one attached hydrogen (secondary N) is 1. The summed E-state index contributed by atoms with van der Waals surface area (Å²) >= 11 is 6.01. The minimum atomic E-state index is -0.241. The number of H-pyrrole nitrogens is 1. The van der Waals surface area contributed by atoms with Gasteiger partial charge in [0.05, 0.1) is 13.2 Å². The molecule has 2 amide bonds. The summed E-state index contributed by atoms with van der Waals surface area (Å²) in [6.45, 7) is 4.01. The lowest BCUT2D eigenvalue weighted by Gasteiger charge is -2.28. The van der Waals surface area contributed by atoms with E-state index in [9.17, 15) is 9.59 Å². The van der Waals surface area contributed by atoms with Crippen LogP contribution in [-0.2, 0) is 22.5 Å². The van der Waals surface area contributed by atoms with Crippen LogP contribution in [0.4, 0.5) is 0 Å². The van der Waals surface area contributed by atoms with E-state index in [4.69, 9.17) is 21.1 Å². The molecule has 1 heterocycles. The van der Waals surface area contributed by atoms with E-state index < -0.39 is 0 Å². The molecule has 0 radical (unpaired) electrons. The molecule has 4 aromatic rings. The van der Waals surface area contributed by atoms with E-state index in [1.165, 1.54) is 4.90 Å². The van der Waals surface area contributed by atoms with E-state index in [0.717, 1.165) is 27.8 Å². The largest absolute Gasteiger partial charge is 0.494 e. The summed E-state index contributed by atoms with van der Waals surface area (Å²) in [7, 11) is 1.58. The van der Waals surface area contributed by atoms with Crippen LogP contribution >= 0.6 is 11.6 Å². The van der Waals surface area contributed by atoms with Crippen molar-refractivity contribution in [1.82, 2.24) is 14.8 Å². The third-order valence-corrected chi connectivity index (χ3v) is 6.81. The molecule has 1 N–H and O–H groups in total. The van der Waals surface area contributed by atoms with Crippen LogP contribution in [0, 0.1) is 0 Å². The molecule has 0 bridgehead atoms. The maximum absolute atomic E-state index is 13.7. The molecule has 0 aliphatic heterocycles. The quantitative estimate of drug-likeness (QED) is 0.237. The van der Waals surface area contributed by atoms with E-state index in [-0.39, 0.29) is 18.4 Å². The standard InChI is InChI=1S/C31H34ClN3O4/c1-3-39-27-14-8-23(9-15-27)21-34(17-16-25-20-33-29-7-5-4-6-28(25)29)30(36)22-35(18-19-38-2)31(37)24-10-12-26(32)13-11-24/h4-15,20,33H,3,16-19,21-22H2,1-2H3. The Hall–Kier alpha value is -3.81. The van der Waals surface area contributed by atoms with E-state index in [1.807, 2.05) is 60.5 Å². The molecule has 0 atom stereocenters. The van der Waals surface area contributed by atoms with Gasteiger partial charge < -0.3 is 24.3 Å². The van der Waals surface area contributed by atoms with Crippen LogP contribution in [0.1, 0.15) is 28.4 Å². The summed E-state index contributed by atoms with van der Waals surface area (Å²) in [5.74, 6) is 0.411. The molecule has 4 rings (SSSR count). The Morgan fingerprint density at radius 1 is 0.923 bits per heavy atom. The Balaban J connectivity index is 1.54. The molecular weight excluding hydrogens is 514 g/mol. The summed E-state index contributed by atoms with van der Waals surface area (Å²) < 4.78 is 10.8. The number of carbonyl (C=O) groups excluding carboxylic acids is 2. The Bertz CT molecular complexity index is 1370. The molecule has 0 saturated heterocycles. The molecular formula is C31H34ClN3O4. The highest BCUT2D eigenvalue weighted by Crippen LogP contribution is 2.20. The Kier molecular flexibility index (Phi) is 10.00. The highest BCUT2D eigenvalue weighted by molar-refractivity contribution is 6.30. The van der Waals surface area contributed by atoms with Crippen molar-refractivity contribution in [3.05, 3.63) is 101 Å². The predicted octanol–water partition coefficient (Wildman–Crippen LogP) is 5.58. The number of aromatic nitrogens is 1. The van der Waals surface area contributed by atoms with Gasteiger partial charge in [0.2, 0.25) is 5.91 Å². The van der Waals surface area contributed by atoms with Crippen molar-refractivity contribution in [1.29, 1.82) is 0 Å². The van der Waals surface area contributed by atoms with Crippen LogP contribution in [0.25, 0.3) is 10.9 Å². The van der Waals surface area contributed by atoms with Gasteiger partial charge in [0, 0.05) is 54.4 Å². The van der Waals surface area contributed by atoms with Gasteiger partial charge in [-0.1, -0.05) is 41.9 Å². The van der Waals surface area contributed by atoms with E-state index in [0.29, 0.717) is 49.9 Å². The zero-order valence-electron chi connectivity index (χ0n) is 22.4. The fourth-order valence-corrected chi connectivity index (χ4v) is 4.58. The number of hydrogen-bond acceptors (Lipinski definition) is 4. The van der Waals surface area contributed by atoms with Crippen LogP contribution in [0.3, 0.4) is 0 Å². The highest BCUT2D eigenvalue weighted by atomic mass is 35.5. The molecule has 0 spiro atoms. The van der Waals surface area contributed by atoms with Gasteiger partial charge in [0.15, 0.2) is 0 Å². The van der Waals surface area contributed by atoms with Gasteiger partial charge in [0.1, 0.15) is 12.3 Å². The van der Waals surface area contributed by atoms with Crippen LogP contribution < -0.4 is 4.74 Å². The molecule has 1 aromatic heterocycles. The third-order valence-electron chi connectivity index (χ3n) is 6.56. The molecule has 39 heavy (non-hydrogen) atoms. The van der Waals surface area contributed by atoms with Gasteiger partial charge in [-0.15, -0.1) is 0 Å². The smallest absolute Gasteiger partial charge is 0.254 e. The number of aromatic amines is 1. The van der Waals surface area contributed by atoms with Crippen molar-refractivity contribution in [2.45, 2.75) is 19.9 Å². The lowest BCUT2D eigenvalue weighted by atomic mass is 10.1. The summed E-state index contributed by atoms with van der Waals surface area (Å²) in [6, 6.07) is 22.6. The minimum Gasteiger partial charge on any atom is -0.494 e. The Morgan fingerprint density at radius 2 is 1.67 bits per heavy atom. The van der Waals surface area contributed by atoms with Crippen molar-refractivity contribution in [2.75, 3.05) is 40.0 Å². The van der Waals surface area contributed by atoms with Crippen molar-refractivity contribution in [3.8, 4) is 5.75 Å². The zero-order valence-corrected chi connectivity index (χ0v) is 23.1. The second-order valence-electron chi connectivity index (χ2n) is 9.23. The number of carbonyl (C=O) groups is 2. The van der Waals surface area contributed by atoms with Crippen molar-refractivity contribution in [2.24, 2.45) is 0 Å². The molecule has 0 aliphatic carbocycles. The maximum atomic E-state index is 13.7. The second kappa shape index (κ2) is 13.8. The fraction of sp³-hybridized carbons (Fsp3) is 0.290. The van der Waals surface area contributed by atoms with E-state index >= 15 is 0 Å². The van der Waals surface area contributed by atoms with Gasteiger partial charge in [0.25, 0.3) is 5.91 Å². The van der Waals surface area contributed by atoms with Crippen LogP contribution in [-0.4, -0.2) is 66.6 Å². The third kappa shape index (κ3) is 7.62. The molecule has 0 saturated carbocycles. The van der Waals surface area contributed by atoms with E-state index in [2.05, 4.69) is 11.1 Å². The maximum Gasteiger partial charge on any atom is 0.254 e. The number of ether oxygens (including phenoxy) is 2. The first-order chi connectivity index (χ1) is 19.0. The number of methoxy groups -OCH3 is 1. The number of amides is 2. The SMILES string of the molecule is CCOc1ccc(CN(CCc2c[nH]c3ccccc23)C(=O)CN(CCOC)C(=O)c2ccc(Cl)cc2)cc1. The summed E-state index contributed by atoms with van der Waals surface area (Å²) in [5, 5.41) is 1.69. The summed E-state index contributed by atoms with van der Waals surface area (Å²) in [5.41, 5.74) is 3.66. The van der Waals surface area contributed by atoms with Crippen molar-refractivity contribution < 1.29 is 19.1 Å². The van der Waals surface area contributed by atoms with Crippen LogP contribution in [0.5, 0.6) is 5.75 Å². The summed E-state index contributed by atoms with van der Waals surface area (Å²) in [6.07, 6.45) is 2.68. The molecule has 0 fully saturated rings. The number of hydrogen-bond donors (Lipinski definition) is 1. The molecule has 3 aromatic carbocycles. The van der Waals surface area contributed by atoms with Gasteiger partial charge >= 0.3 is 0 Å². The van der Waals surface area contributed by atoms with Crippen LogP contribution in [0.2, 0.25) is 5.02 Å². The topological polar surface area (TPSA) is 74.9 Å². The van der Waals surface area contributed by atoms with Gasteiger partial charge in [-0.25, -0.2) is 0 Å². The number of fused-ring (bicyclic) bond motifs is 1. The molecule has 7 nitrogen and oxygen atoms in total. The van der Waals surface area contributed by atoms with Crippen LogP contribution in [0.15, 0.2) is 79.0 Å². The Labute approximate surface area is 234 Å². The first kappa shape index (κ1) is 28.2. The van der Waals surface area contributed by atoms with Gasteiger partial charge in [-0.05, 0) is 66.9 Å². The highest BCUT2D eigenvalue weighted by Gasteiger charge is 2.23. The van der Waals surface area contributed by atoms with E-state index in [1.54, 1.807) is 31.4 Å². The number of rotatable bonds is 13. The Morgan fingerprint density at radius 3 is 2.38 bits per heavy atom. The molecule has 0 aliphatic rings. The molecule has 8 heteroatoms. The lowest BCUT2D eigenvalue weighted by molar-refractivity contribution is -0.132. The lowest BCUT2D eigenvalue weighted by Crippen LogP contribution is -2.44. The average molecular weight is 548 g/mol. The van der Waals surface area contributed by atoms with Gasteiger partial charge in [-0.3, -0.25) is 9.59 Å². The normalized spacial score (nSPS) is 10.9. The van der Waals surface area contributed by atoms with Crippen molar-refractivity contribution in [3.63, 3.8) is 0 Å². The number of para-hydroxylation sites is 1. The minimum absolute atomic E-state index is 0.0598. The zero-order chi connectivity index (χ0) is 27.6. The summed E-state index contributed by atoms with van der Waals surface area (Å²) in [4.78, 5) is 33.7. The molecule has 0 unspecified atom stereocenters. The second-order valence-corrected chi connectivity index (χ2v) is 9.66. The number of nitrogens with zero attached hydrogens (tertiary/aromatic N) is 2. The average Bonchev–Trinajstić information content (AvgIpc) is 3.37. The van der Waals surface area contributed by atoms with Gasteiger partial charge in [-0.2, -0.15) is 0 Å². The fourth-order valence-electron chi connectivity index (χ4n) is 4.46. The first-order valence-corrected chi connectivity index (χ1v) is 13.4. The molecule has 204 valence electrons. The van der Waals surface area contributed by atoms with Crippen molar-refractivity contribution >= 4 is 34.3 Å².